The summed E-state index contributed by atoms with van der Waals surface area (Å²) in [5.41, 5.74) is 2.82. The Morgan fingerprint density at radius 1 is 1.17 bits per heavy atom. The molecule has 0 atom stereocenters. The van der Waals surface area contributed by atoms with Crippen LogP contribution in [0.25, 0.3) is 6.08 Å². The third-order valence-corrected chi connectivity index (χ3v) is 5.65. The van der Waals surface area contributed by atoms with Crippen LogP contribution in [0.4, 0.5) is 0 Å². The molecule has 6 nitrogen and oxygen atoms in total. The summed E-state index contributed by atoms with van der Waals surface area (Å²) in [6, 6.07) is 9.22. The Balaban J connectivity index is 1.60. The van der Waals surface area contributed by atoms with Gasteiger partial charge in [0.2, 0.25) is 5.78 Å². The quantitative estimate of drug-likeness (QED) is 0.805. The van der Waals surface area contributed by atoms with E-state index in [0.717, 1.165) is 48.6 Å². The molecule has 0 unspecified atom stereocenters. The molecule has 2 aromatic rings. The van der Waals surface area contributed by atoms with Crippen molar-refractivity contribution in [2.75, 3.05) is 40.3 Å². The number of carbonyl (C=O) groups excluding carboxylic acids is 1. The van der Waals surface area contributed by atoms with Crippen LogP contribution in [0, 0.1) is 6.92 Å². The van der Waals surface area contributed by atoms with Gasteiger partial charge in [-0.3, -0.25) is 9.69 Å². The van der Waals surface area contributed by atoms with Crippen molar-refractivity contribution >= 4 is 11.9 Å². The molecule has 0 aromatic heterocycles. The van der Waals surface area contributed by atoms with Crippen LogP contribution in [0.15, 0.2) is 36.1 Å². The van der Waals surface area contributed by atoms with Crippen LogP contribution in [-0.4, -0.2) is 61.0 Å². The normalized spacial score (nSPS) is 18.7. The zero-order valence-electron chi connectivity index (χ0n) is 17.1. The monoisotopic (exact) mass is 394 g/mol. The van der Waals surface area contributed by atoms with Gasteiger partial charge in [0.15, 0.2) is 5.76 Å². The van der Waals surface area contributed by atoms with Crippen LogP contribution >= 0.6 is 0 Å². The van der Waals surface area contributed by atoms with E-state index in [4.69, 9.17) is 9.47 Å². The standard InChI is InChI=1S/C23H26N2O4/c1-15-12-19-21(22(26)18(15)14-25-10-8-24(2)9-11-25)23(27)20(29-19)13-16-4-6-17(28-3)7-5-16/h4-7,12-13,26H,8-11,14H2,1-3H3/b20-13-. The lowest BCUT2D eigenvalue weighted by molar-refractivity contribution is 0.101. The van der Waals surface area contributed by atoms with Gasteiger partial charge in [-0.2, -0.15) is 0 Å². The lowest BCUT2D eigenvalue weighted by atomic mass is 9.99. The Morgan fingerprint density at radius 2 is 1.86 bits per heavy atom. The number of methoxy groups -OCH3 is 1. The number of ether oxygens (including phenoxy) is 2. The molecule has 1 saturated heterocycles. The Kier molecular flexibility index (Phi) is 5.30. The molecule has 1 fully saturated rings. The number of aromatic hydroxyl groups is 1. The molecule has 2 aliphatic heterocycles. The first-order chi connectivity index (χ1) is 14.0. The van der Waals surface area contributed by atoms with Crippen LogP contribution in [0.1, 0.15) is 27.0 Å². The molecule has 0 amide bonds. The number of fused-ring (bicyclic) bond motifs is 1. The van der Waals surface area contributed by atoms with Crippen molar-refractivity contribution in [1.82, 2.24) is 9.80 Å². The maximum Gasteiger partial charge on any atom is 0.235 e. The van der Waals surface area contributed by atoms with Gasteiger partial charge in [0.1, 0.15) is 22.8 Å². The second-order valence-corrected chi connectivity index (χ2v) is 7.69. The Labute approximate surface area is 171 Å². The summed E-state index contributed by atoms with van der Waals surface area (Å²) < 4.78 is 11.0. The van der Waals surface area contributed by atoms with E-state index in [1.807, 2.05) is 37.3 Å². The topological polar surface area (TPSA) is 62.2 Å². The van der Waals surface area contributed by atoms with Gasteiger partial charge in [-0.1, -0.05) is 12.1 Å². The van der Waals surface area contributed by atoms with Gasteiger partial charge >= 0.3 is 0 Å². The van der Waals surface area contributed by atoms with E-state index >= 15 is 0 Å². The molecule has 2 aromatic carbocycles. The summed E-state index contributed by atoms with van der Waals surface area (Å²) in [5, 5.41) is 10.9. The molecule has 0 bridgehead atoms. The Hall–Kier alpha value is -2.83. The summed E-state index contributed by atoms with van der Waals surface area (Å²) in [6.07, 6.45) is 1.69. The van der Waals surface area contributed by atoms with E-state index < -0.39 is 0 Å². The average molecular weight is 394 g/mol. The molecule has 0 saturated carbocycles. The molecule has 152 valence electrons. The molecular weight excluding hydrogens is 368 g/mol. The van der Waals surface area contributed by atoms with E-state index in [1.165, 1.54) is 0 Å². The number of aryl methyl sites for hydroxylation is 1. The van der Waals surface area contributed by atoms with Crippen molar-refractivity contribution < 1.29 is 19.4 Å². The molecule has 0 aliphatic carbocycles. The maximum atomic E-state index is 12.9. The van der Waals surface area contributed by atoms with Gasteiger partial charge in [-0.05, 0) is 49.4 Å². The second-order valence-electron chi connectivity index (χ2n) is 7.69. The number of hydrogen-bond donors (Lipinski definition) is 1. The predicted molar refractivity (Wildman–Crippen MR) is 112 cm³/mol. The van der Waals surface area contributed by atoms with Crippen molar-refractivity contribution in [2.24, 2.45) is 0 Å². The lowest BCUT2D eigenvalue weighted by Gasteiger charge is -2.32. The third kappa shape index (κ3) is 3.86. The molecule has 0 radical (unpaired) electrons. The number of likely N-dealkylation sites (N-methyl/N-ethyl adjacent to an activating group) is 1. The van der Waals surface area contributed by atoms with Crippen molar-refractivity contribution in [3.63, 3.8) is 0 Å². The minimum Gasteiger partial charge on any atom is -0.507 e. The van der Waals surface area contributed by atoms with Crippen LogP contribution in [0.2, 0.25) is 0 Å². The fourth-order valence-electron chi connectivity index (χ4n) is 3.77. The largest absolute Gasteiger partial charge is 0.507 e. The first-order valence-corrected chi connectivity index (χ1v) is 9.81. The minimum atomic E-state index is -0.284. The molecule has 6 heteroatoms. The fraction of sp³-hybridized carbons (Fsp3) is 0.348. The number of nitrogens with zero attached hydrogens (tertiary/aromatic N) is 2. The highest BCUT2D eigenvalue weighted by Gasteiger charge is 2.33. The van der Waals surface area contributed by atoms with Gasteiger partial charge in [0.25, 0.3) is 0 Å². The number of phenolic OH excluding ortho intramolecular Hbond substituents is 1. The second kappa shape index (κ2) is 7.89. The number of carbonyl (C=O) groups is 1. The van der Waals surface area contributed by atoms with Gasteiger partial charge in [-0.25, -0.2) is 0 Å². The number of hydrogen-bond acceptors (Lipinski definition) is 6. The fourth-order valence-corrected chi connectivity index (χ4v) is 3.77. The number of ketones is 1. The summed E-state index contributed by atoms with van der Waals surface area (Å²) in [7, 11) is 3.72. The number of benzene rings is 2. The maximum absolute atomic E-state index is 12.9. The van der Waals surface area contributed by atoms with E-state index in [0.29, 0.717) is 12.3 Å². The van der Waals surface area contributed by atoms with Crippen LogP contribution < -0.4 is 9.47 Å². The molecule has 2 heterocycles. The smallest absolute Gasteiger partial charge is 0.235 e. The SMILES string of the molecule is COc1ccc(/C=C2\Oc3cc(C)c(CN4CCN(C)CC4)c(O)c3C2=O)cc1. The summed E-state index contributed by atoms with van der Waals surface area (Å²) in [6.45, 7) is 6.47. The predicted octanol–water partition coefficient (Wildman–Crippen LogP) is 3.07. The molecule has 1 N–H and O–H groups in total. The zero-order chi connectivity index (χ0) is 20.5. The number of allylic oxidation sites excluding steroid dienone is 1. The number of Topliss-reactive ketones (excluding diaryl/α,β-unsaturated/α-hetero) is 1. The first kappa shape index (κ1) is 19.5. The van der Waals surface area contributed by atoms with Gasteiger partial charge in [-0.15, -0.1) is 0 Å². The van der Waals surface area contributed by atoms with Crippen molar-refractivity contribution in [2.45, 2.75) is 13.5 Å². The molecular formula is C23H26N2O4. The van der Waals surface area contributed by atoms with Crippen molar-refractivity contribution in [3.05, 3.63) is 58.3 Å². The molecule has 4 rings (SSSR count). The Bertz CT molecular complexity index is 958. The third-order valence-electron chi connectivity index (χ3n) is 5.65. The van der Waals surface area contributed by atoms with E-state index in [1.54, 1.807) is 13.2 Å². The molecule has 2 aliphatic rings. The van der Waals surface area contributed by atoms with Crippen LogP contribution in [-0.2, 0) is 6.54 Å². The van der Waals surface area contributed by atoms with E-state index in [2.05, 4.69) is 16.8 Å². The van der Waals surface area contributed by atoms with Crippen LogP contribution in [0.3, 0.4) is 0 Å². The number of piperazine rings is 1. The molecule has 0 spiro atoms. The summed E-state index contributed by atoms with van der Waals surface area (Å²) in [4.78, 5) is 17.5. The number of phenols is 1. The highest BCUT2D eigenvalue weighted by Crippen LogP contribution is 2.42. The minimum absolute atomic E-state index is 0.0436. The average Bonchev–Trinajstić information content (AvgIpc) is 3.02. The highest BCUT2D eigenvalue weighted by molar-refractivity contribution is 6.16. The van der Waals surface area contributed by atoms with Crippen molar-refractivity contribution in [1.29, 1.82) is 0 Å². The van der Waals surface area contributed by atoms with E-state index in [9.17, 15) is 9.90 Å². The van der Waals surface area contributed by atoms with Gasteiger partial charge in [0.05, 0.1) is 7.11 Å². The van der Waals surface area contributed by atoms with Crippen molar-refractivity contribution in [3.8, 4) is 17.2 Å². The summed E-state index contributed by atoms with van der Waals surface area (Å²) >= 11 is 0. The zero-order valence-corrected chi connectivity index (χ0v) is 17.1. The molecule has 29 heavy (non-hydrogen) atoms. The Morgan fingerprint density at radius 3 is 2.52 bits per heavy atom. The summed E-state index contributed by atoms with van der Waals surface area (Å²) in [5.74, 6) is 1.15. The highest BCUT2D eigenvalue weighted by atomic mass is 16.5. The van der Waals surface area contributed by atoms with Crippen LogP contribution in [0.5, 0.6) is 17.2 Å². The number of rotatable bonds is 4. The lowest BCUT2D eigenvalue weighted by Crippen LogP contribution is -2.44. The first-order valence-electron chi connectivity index (χ1n) is 9.81. The van der Waals surface area contributed by atoms with Gasteiger partial charge < -0.3 is 19.5 Å². The van der Waals surface area contributed by atoms with Gasteiger partial charge in [0, 0.05) is 38.3 Å². The van der Waals surface area contributed by atoms with E-state index in [-0.39, 0.29) is 22.9 Å².